The Morgan fingerprint density at radius 3 is 2.00 bits per heavy atom. The van der Waals surface area contributed by atoms with Gasteiger partial charge in [0.05, 0.1) is 0 Å². The Balaban J connectivity index is 2.87. The van der Waals surface area contributed by atoms with Crippen LogP contribution in [0, 0.1) is 0 Å². The SMILES string of the molecule is CCCC(C)(CC)c1ccc(OC(F)(F)F)cc1. The van der Waals surface area contributed by atoms with Crippen LogP contribution in [0.3, 0.4) is 0 Å². The van der Waals surface area contributed by atoms with Gasteiger partial charge in [-0.15, -0.1) is 13.2 Å². The fourth-order valence-corrected chi connectivity index (χ4v) is 2.14. The van der Waals surface area contributed by atoms with E-state index in [-0.39, 0.29) is 11.2 Å². The van der Waals surface area contributed by atoms with Crippen LogP contribution in [0.25, 0.3) is 0 Å². The highest BCUT2D eigenvalue weighted by Crippen LogP contribution is 2.34. The van der Waals surface area contributed by atoms with Gasteiger partial charge in [-0.2, -0.15) is 0 Å². The van der Waals surface area contributed by atoms with Crippen LogP contribution >= 0.6 is 0 Å². The molecule has 1 nitrogen and oxygen atoms in total. The predicted octanol–water partition coefficient (Wildman–Crippen LogP) is 5.05. The lowest BCUT2D eigenvalue weighted by molar-refractivity contribution is -0.274. The molecule has 102 valence electrons. The number of ether oxygens (including phenoxy) is 1. The fraction of sp³-hybridized carbons (Fsp3) is 0.571. The molecule has 0 aliphatic rings. The molecule has 0 amide bonds. The summed E-state index contributed by atoms with van der Waals surface area (Å²) in [4.78, 5) is 0. The molecule has 4 heteroatoms. The Labute approximate surface area is 106 Å². The Kier molecular flexibility index (Phi) is 4.65. The van der Waals surface area contributed by atoms with Crippen molar-refractivity contribution in [2.45, 2.75) is 51.8 Å². The summed E-state index contributed by atoms with van der Waals surface area (Å²) >= 11 is 0. The number of hydrogen-bond acceptors (Lipinski definition) is 1. The van der Waals surface area contributed by atoms with E-state index >= 15 is 0 Å². The first-order valence-electron chi connectivity index (χ1n) is 6.17. The van der Waals surface area contributed by atoms with Crippen LogP contribution in [0.2, 0.25) is 0 Å². The molecule has 0 aliphatic carbocycles. The number of alkyl halides is 3. The van der Waals surface area contributed by atoms with Crippen molar-refractivity contribution in [2.75, 3.05) is 0 Å². The zero-order valence-electron chi connectivity index (χ0n) is 11.0. The van der Waals surface area contributed by atoms with Crippen LogP contribution in [0.5, 0.6) is 5.75 Å². The van der Waals surface area contributed by atoms with Gasteiger partial charge in [0.15, 0.2) is 0 Å². The minimum atomic E-state index is -4.63. The maximum Gasteiger partial charge on any atom is 0.573 e. The van der Waals surface area contributed by atoms with E-state index in [4.69, 9.17) is 0 Å². The summed E-state index contributed by atoms with van der Waals surface area (Å²) in [6.45, 7) is 6.33. The van der Waals surface area contributed by atoms with Crippen molar-refractivity contribution < 1.29 is 17.9 Å². The van der Waals surface area contributed by atoms with Crippen molar-refractivity contribution in [1.29, 1.82) is 0 Å². The van der Waals surface area contributed by atoms with E-state index in [2.05, 4.69) is 25.5 Å². The number of hydrogen-bond donors (Lipinski definition) is 0. The van der Waals surface area contributed by atoms with E-state index in [0.29, 0.717) is 0 Å². The molecule has 0 saturated carbocycles. The summed E-state index contributed by atoms with van der Waals surface area (Å²) in [6, 6.07) is 6.21. The molecule has 0 aromatic heterocycles. The zero-order chi connectivity index (χ0) is 13.8. The molecule has 0 N–H and O–H groups in total. The van der Waals surface area contributed by atoms with Crippen LogP contribution in [0.1, 0.15) is 45.6 Å². The lowest BCUT2D eigenvalue weighted by atomic mass is 9.76. The highest BCUT2D eigenvalue weighted by atomic mass is 19.4. The molecular weight excluding hydrogens is 241 g/mol. The molecule has 1 rings (SSSR count). The van der Waals surface area contributed by atoms with E-state index in [1.54, 1.807) is 12.1 Å². The first kappa shape index (κ1) is 14.9. The zero-order valence-corrected chi connectivity index (χ0v) is 11.0. The summed E-state index contributed by atoms with van der Waals surface area (Å²) < 4.78 is 40.0. The van der Waals surface area contributed by atoms with Crippen LogP contribution in [-0.4, -0.2) is 6.36 Å². The Morgan fingerprint density at radius 1 is 1.06 bits per heavy atom. The number of halogens is 3. The van der Waals surface area contributed by atoms with Crippen LogP contribution in [-0.2, 0) is 5.41 Å². The minimum Gasteiger partial charge on any atom is -0.406 e. The Bertz CT molecular complexity index is 370. The second-order valence-electron chi connectivity index (χ2n) is 4.74. The largest absolute Gasteiger partial charge is 0.573 e. The lowest BCUT2D eigenvalue weighted by Crippen LogP contribution is -2.21. The Morgan fingerprint density at radius 2 is 1.61 bits per heavy atom. The normalized spacial score (nSPS) is 15.2. The molecule has 0 heterocycles. The van der Waals surface area contributed by atoms with E-state index in [1.807, 2.05) is 0 Å². The van der Waals surface area contributed by atoms with E-state index in [9.17, 15) is 13.2 Å². The van der Waals surface area contributed by atoms with Crippen molar-refractivity contribution in [1.82, 2.24) is 0 Å². The quantitative estimate of drug-likeness (QED) is 0.719. The van der Waals surface area contributed by atoms with Gasteiger partial charge in [0.25, 0.3) is 0 Å². The van der Waals surface area contributed by atoms with Crippen LogP contribution in [0.4, 0.5) is 13.2 Å². The lowest BCUT2D eigenvalue weighted by Gasteiger charge is -2.28. The van der Waals surface area contributed by atoms with Gasteiger partial charge < -0.3 is 4.74 Å². The summed E-state index contributed by atoms with van der Waals surface area (Å²) in [5.41, 5.74) is 1.08. The first-order chi connectivity index (χ1) is 8.30. The van der Waals surface area contributed by atoms with Crippen LogP contribution in [0.15, 0.2) is 24.3 Å². The highest BCUT2D eigenvalue weighted by Gasteiger charge is 2.31. The van der Waals surface area contributed by atoms with Gasteiger partial charge in [-0.25, -0.2) is 0 Å². The molecular formula is C14H19F3O. The number of rotatable bonds is 5. The molecule has 0 bridgehead atoms. The van der Waals surface area contributed by atoms with Gasteiger partial charge in [0.1, 0.15) is 5.75 Å². The molecule has 0 aliphatic heterocycles. The van der Waals surface area contributed by atoms with Crippen molar-refractivity contribution in [3.05, 3.63) is 29.8 Å². The summed E-state index contributed by atoms with van der Waals surface area (Å²) in [5.74, 6) is -0.166. The Hall–Kier alpha value is -1.19. The first-order valence-corrected chi connectivity index (χ1v) is 6.17. The predicted molar refractivity (Wildman–Crippen MR) is 65.7 cm³/mol. The summed E-state index contributed by atoms with van der Waals surface area (Å²) in [6.07, 6.45) is -1.60. The van der Waals surface area contributed by atoms with Gasteiger partial charge in [-0.3, -0.25) is 0 Å². The highest BCUT2D eigenvalue weighted by molar-refractivity contribution is 5.32. The van der Waals surface area contributed by atoms with Gasteiger partial charge in [0.2, 0.25) is 0 Å². The van der Waals surface area contributed by atoms with Gasteiger partial charge >= 0.3 is 6.36 Å². The van der Waals surface area contributed by atoms with Gasteiger partial charge in [-0.05, 0) is 36.0 Å². The smallest absolute Gasteiger partial charge is 0.406 e. The molecule has 0 spiro atoms. The second kappa shape index (κ2) is 5.63. The van der Waals surface area contributed by atoms with Crippen molar-refractivity contribution in [3.63, 3.8) is 0 Å². The average Bonchev–Trinajstić information content (AvgIpc) is 2.28. The molecule has 1 aromatic rings. The third kappa shape index (κ3) is 3.93. The van der Waals surface area contributed by atoms with Crippen molar-refractivity contribution >= 4 is 0 Å². The van der Waals surface area contributed by atoms with Gasteiger partial charge in [-0.1, -0.05) is 39.3 Å². The van der Waals surface area contributed by atoms with E-state index < -0.39 is 6.36 Å². The molecule has 0 saturated heterocycles. The van der Waals surface area contributed by atoms with E-state index in [1.165, 1.54) is 12.1 Å². The molecule has 1 aromatic carbocycles. The monoisotopic (exact) mass is 260 g/mol. The third-order valence-electron chi connectivity index (χ3n) is 3.37. The number of benzene rings is 1. The summed E-state index contributed by atoms with van der Waals surface area (Å²) in [5, 5.41) is 0. The second-order valence-corrected chi connectivity index (χ2v) is 4.74. The standard InChI is InChI=1S/C14H19F3O/c1-4-10-13(3,5-2)11-6-8-12(9-7-11)18-14(15,16)17/h6-9H,4-5,10H2,1-3H3. The topological polar surface area (TPSA) is 9.23 Å². The maximum absolute atomic E-state index is 12.0. The maximum atomic E-state index is 12.0. The molecule has 1 atom stereocenters. The van der Waals surface area contributed by atoms with Crippen molar-refractivity contribution in [2.24, 2.45) is 0 Å². The average molecular weight is 260 g/mol. The van der Waals surface area contributed by atoms with E-state index in [0.717, 1.165) is 24.8 Å². The molecule has 0 fully saturated rings. The fourth-order valence-electron chi connectivity index (χ4n) is 2.14. The van der Waals surface area contributed by atoms with Crippen LogP contribution < -0.4 is 4.74 Å². The third-order valence-corrected chi connectivity index (χ3v) is 3.37. The molecule has 0 radical (unpaired) electrons. The van der Waals surface area contributed by atoms with Crippen molar-refractivity contribution in [3.8, 4) is 5.75 Å². The summed E-state index contributed by atoms with van der Waals surface area (Å²) in [7, 11) is 0. The minimum absolute atomic E-state index is 0.0194. The van der Waals surface area contributed by atoms with Gasteiger partial charge in [0, 0.05) is 0 Å². The molecule has 18 heavy (non-hydrogen) atoms. The molecule has 1 unspecified atom stereocenters.